The summed E-state index contributed by atoms with van der Waals surface area (Å²) in [5, 5.41) is 9.81. The maximum absolute atomic E-state index is 9.81. The van der Waals surface area contributed by atoms with E-state index in [1.807, 2.05) is 4.57 Å². The van der Waals surface area contributed by atoms with Crippen LogP contribution in [0.5, 0.6) is 5.88 Å². The summed E-state index contributed by atoms with van der Waals surface area (Å²) in [7, 11) is 0. The number of aromatic hydroxyl groups is 1. The average molecular weight is 352 g/mol. The number of aryl methyl sites for hydroxylation is 1. The molecule has 0 saturated heterocycles. The molecule has 0 aliphatic rings. The molecule has 25 heavy (non-hydrogen) atoms. The molecule has 1 rings (SSSR count). The third kappa shape index (κ3) is 10.6. The Morgan fingerprint density at radius 1 is 0.720 bits per heavy atom. The fourth-order valence-corrected chi connectivity index (χ4v) is 3.63. The number of hydrogen-bond donors (Lipinski definition) is 2. The Morgan fingerprint density at radius 3 is 1.60 bits per heavy atom. The molecular weight excluding hydrogens is 308 g/mol. The Hall–Kier alpha value is -0.990. The minimum Gasteiger partial charge on any atom is -0.475 e. The molecule has 146 valence electrons. The molecule has 0 fully saturated rings. The van der Waals surface area contributed by atoms with Crippen molar-refractivity contribution in [3.05, 3.63) is 12.0 Å². The summed E-state index contributed by atoms with van der Waals surface area (Å²) in [6.45, 7) is 5.35. The maximum atomic E-state index is 9.81. The lowest BCUT2D eigenvalue weighted by molar-refractivity contribution is -0.708. The number of unbranched alkanes of at least 4 members (excludes halogenated alkanes) is 14. The van der Waals surface area contributed by atoms with Gasteiger partial charge in [0.1, 0.15) is 0 Å². The predicted molar refractivity (Wildman–Crippen MR) is 107 cm³/mol. The first-order valence-electron chi connectivity index (χ1n) is 11.1. The van der Waals surface area contributed by atoms with Gasteiger partial charge in [0.25, 0.3) is 5.82 Å². The second-order valence-electron chi connectivity index (χ2n) is 7.55. The number of aromatic amines is 1. The fourth-order valence-electron chi connectivity index (χ4n) is 3.63. The topological polar surface area (TPSA) is 39.9 Å². The Kier molecular flexibility index (Phi) is 13.5. The molecule has 0 aliphatic carbocycles. The number of nitrogens with zero attached hydrogens (tertiary/aromatic N) is 1. The molecule has 0 bridgehead atoms. The molecule has 0 amide bonds. The highest BCUT2D eigenvalue weighted by Gasteiger charge is 2.14. The second kappa shape index (κ2) is 15.3. The molecule has 0 unspecified atom stereocenters. The van der Waals surface area contributed by atoms with Crippen LogP contribution in [0.4, 0.5) is 0 Å². The van der Waals surface area contributed by atoms with Gasteiger partial charge in [-0.1, -0.05) is 97.3 Å². The van der Waals surface area contributed by atoms with E-state index in [0.29, 0.717) is 5.88 Å². The number of nitrogens with one attached hydrogen (secondary N) is 1. The number of rotatable bonds is 17. The molecule has 3 heteroatoms. The highest BCUT2D eigenvalue weighted by Crippen LogP contribution is 2.13. The van der Waals surface area contributed by atoms with Gasteiger partial charge in [-0.2, -0.15) is 4.57 Å². The summed E-state index contributed by atoms with van der Waals surface area (Å²) in [6, 6.07) is 0. The summed E-state index contributed by atoms with van der Waals surface area (Å²) >= 11 is 0. The quantitative estimate of drug-likeness (QED) is 0.246. The second-order valence-corrected chi connectivity index (χ2v) is 7.55. The van der Waals surface area contributed by atoms with E-state index in [9.17, 15) is 5.11 Å². The number of H-pyrrole nitrogens is 1. The van der Waals surface area contributed by atoms with Crippen molar-refractivity contribution in [1.29, 1.82) is 0 Å². The smallest absolute Gasteiger partial charge is 0.322 e. The largest absolute Gasteiger partial charge is 0.475 e. The Bertz CT molecular complexity index is 414. The first-order chi connectivity index (χ1) is 12.3. The van der Waals surface area contributed by atoms with Gasteiger partial charge in [-0.15, -0.1) is 0 Å². The van der Waals surface area contributed by atoms with Gasteiger partial charge in [-0.05, 0) is 12.8 Å². The fraction of sp³-hybridized carbons (Fsp3) is 0.864. The van der Waals surface area contributed by atoms with Crippen molar-refractivity contribution in [3.8, 4) is 5.88 Å². The van der Waals surface area contributed by atoms with E-state index in [-0.39, 0.29) is 0 Å². The summed E-state index contributed by atoms with van der Waals surface area (Å²) < 4.78 is 2.02. The van der Waals surface area contributed by atoms with E-state index < -0.39 is 0 Å². The van der Waals surface area contributed by atoms with Gasteiger partial charge in [-0.3, -0.25) is 0 Å². The van der Waals surface area contributed by atoms with E-state index in [1.54, 1.807) is 6.20 Å². The Labute approximate surface area is 156 Å². The van der Waals surface area contributed by atoms with Crippen LogP contribution in [-0.2, 0) is 13.0 Å². The third-order valence-corrected chi connectivity index (χ3v) is 5.29. The zero-order chi connectivity index (χ0) is 18.2. The van der Waals surface area contributed by atoms with Crippen LogP contribution in [0, 0.1) is 0 Å². The van der Waals surface area contributed by atoms with E-state index in [0.717, 1.165) is 18.8 Å². The molecule has 1 aromatic rings. The van der Waals surface area contributed by atoms with Crippen LogP contribution in [0.3, 0.4) is 0 Å². The number of hydrogen-bond acceptors (Lipinski definition) is 1. The van der Waals surface area contributed by atoms with Crippen molar-refractivity contribution in [2.75, 3.05) is 0 Å². The van der Waals surface area contributed by atoms with Gasteiger partial charge in [0.05, 0.1) is 6.54 Å². The zero-order valence-corrected chi connectivity index (χ0v) is 17.0. The molecule has 1 aromatic heterocycles. The first kappa shape index (κ1) is 22.1. The summed E-state index contributed by atoms with van der Waals surface area (Å²) in [6.07, 6.45) is 23.5. The normalized spacial score (nSPS) is 11.3. The Morgan fingerprint density at radius 2 is 1.16 bits per heavy atom. The Balaban J connectivity index is 1.82. The molecule has 0 atom stereocenters. The van der Waals surface area contributed by atoms with E-state index in [4.69, 9.17) is 0 Å². The number of imidazole rings is 1. The molecule has 0 aromatic carbocycles. The molecular formula is C22H43N2O+. The summed E-state index contributed by atoms with van der Waals surface area (Å²) in [4.78, 5) is 3.14. The van der Waals surface area contributed by atoms with Crippen LogP contribution in [-0.4, -0.2) is 10.1 Å². The third-order valence-electron chi connectivity index (χ3n) is 5.29. The van der Waals surface area contributed by atoms with Crippen molar-refractivity contribution in [3.63, 3.8) is 0 Å². The van der Waals surface area contributed by atoms with Crippen LogP contribution in [0.15, 0.2) is 6.20 Å². The molecule has 3 nitrogen and oxygen atoms in total. The van der Waals surface area contributed by atoms with Gasteiger partial charge in [0.2, 0.25) is 0 Å². The lowest BCUT2D eigenvalue weighted by Gasteiger charge is -2.04. The molecule has 1 heterocycles. The van der Waals surface area contributed by atoms with Crippen molar-refractivity contribution in [1.82, 2.24) is 4.98 Å². The van der Waals surface area contributed by atoms with Crippen molar-refractivity contribution in [2.45, 2.75) is 123 Å². The lowest BCUT2D eigenvalue weighted by atomic mass is 10.0. The molecule has 0 aliphatic heterocycles. The van der Waals surface area contributed by atoms with Crippen molar-refractivity contribution in [2.24, 2.45) is 0 Å². The van der Waals surface area contributed by atoms with Crippen LogP contribution in [0.1, 0.15) is 116 Å². The predicted octanol–water partition coefficient (Wildman–Crippen LogP) is 6.44. The van der Waals surface area contributed by atoms with E-state index in [2.05, 4.69) is 18.8 Å². The van der Waals surface area contributed by atoms with Gasteiger partial charge in [0.15, 0.2) is 6.20 Å². The zero-order valence-electron chi connectivity index (χ0n) is 17.0. The standard InChI is InChI=1S/C22H42N2O/c1-3-5-6-7-8-9-10-11-12-13-14-15-16-17-18-19-24-21(4-2)23-20-22(24)25/h20,25H,3-19H2,1-2H3/p+1. The summed E-state index contributed by atoms with van der Waals surface area (Å²) in [5.41, 5.74) is 0. The van der Waals surface area contributed by atoms with Crippen LogP contribution in [0.2, 0.25) is 0 Å². The monoisotopic (exact) mass is 351 g/mol. The first-order valence-corrected chi connectivity index (χ1v) is 11.1. The lowest BCUT2D eigenvalue weighted by Crippen LogP contribution is -2.36. The molecule has 0 saturated carbocycles. The van der Waals surface area contributed by atoms with Crippen molar-refractivity contribution < 1.29 is 9.67 Å². The minimum atomic E-state index is 0.377. The number of aromatic nitrogens is 2. The van der Waals surface area contributed by atoms with E-state index >= 15 is 0 Å². The SMILES string of the molecule is CCCCCCCCCCCCCCCCC[n+]1c(O)c[nH]c1CC. The van der Waals surface area contributed by atoms with E-state index in [1.165, 1.54) is 96.3 Å². The van der Waals surface area contributed by atoms with Crippen LogP contribution >= 0.6 is 0 Å². The van der Waals surface area contributed by atoms with Gasteiger partial charge in [0, 0.05) is 6.42 Å². The minimum absolute atomic E-state index is 0.377. The van der Waals surface area contributed by atoms with Crippen LogP contribution < -0.4 is 4.57 Å². The molecule has 2 N–H and O–H groups in total. The molecule has 0 radical (unpaired) electrons. The average Bonchev–Trinajstić information content (AvgIpc) is 2.98. The van der Waals surface area contributed by atoms with Gasteiger partial charge >= 0.3 is 5.88 Å². The van der Waals surface area contributed by atoms with Crippen LogP contribution in [0.25, 0.3) is 0 Å². The molecule has 0 spiro atoms. The van der Waals surface area contributed by atoms with Gasteiger partial charge < -0.3 is 5.11 Å². The highest BCUT2D eigenvalue weighted by atomic mass is 16.3. The summed E-state index contributed by atoms with van der Waals surface area (Å²) in [5.74, 6) is 1.50. The van der Waals surface area contributed by atoms with Crippen molar-refractivity contribution >= 4 is 0 Å². The maximum Gasteiger partial charge on any atom is 0.322 e. The van der Waals surface area contributed by atoms with Gasteiger partial charge in [-0.25, -0.2) is 4.98 Å². The highest BCUT2D eigenvalue weighted by molar-refractivity contribution is 4.94.